The van der Waals surface area contributed by atoms with Gasteiger partial charge in [0.1, 0.15) is 0 Å². The van der Waals surface area contributed by atoms with E-state index in [0.717, 1.165) is 6.07 Å². The van der Waals surface area contributed by atoms with Crippen molar-refractivity contribution in [2.75, 3.05) is 11.1 Å². The van der Waals surface area contributed by atoms with Crippen molar-refractivity contribution >= 4 is 17.4 Å². The highest BCUT2D eigenvalue weighted by Crippen LogP contribution is 2.34. The smallest absolute Gasteiger partial charge is 0.398 e. The molecule has 0 bridgehead atoms. The zero-order chi connectivity index (χ0) is 14.9. The van der Waals surface area contributed by atoms with Crippen LogP contribution >= 0.6 is 0 Å². The fraction of sp³-hybridized carbons (Fsp3) is 0.167. The molecule has 0 atom stereocenters. The molecule has 0 spiro atoms. The Hall–Kier alpha value is -2.51. The molecule has 20 heavy (non-hydrogen) atoms. The largest absolute Gasteiger partial charge is 0.418 e. The number of aromatic nitrogens is 2. The molecule has 0 aliphatic heterocycles. The summed E-state index contributed by atoms with van der Waals surface area (Å²) in [5, 5.41) is 6.30. The molecule has 0 fully saturated rings. The maximum Gasteiger partial charge on any atom is 0.418 e. The molecule has 0 aliphatic carbocycles. The first-order chi connectivity index (χ1) is 9.27. The third kappa shape index (κ3) is 2.90. The van der Waals surface area contributed by atoms with Crippen LogP contribution in [0.5, 0.6) is 0 Å². The predicted molar refractivity (Wildman–Crippen MR) is 67.0 cm³/mol. The van der Waals surface area contributed by atoms with Gasteiger partial charge in [-0.15, -0.1) is 0 Å². The van der Waals surface area contributed by atoms with Crippen molar-refractivity contribution in [2.45, 2.75) is 6.18 Å². The van der Waals surface area contributed by atoms with E-state index in [0.29, 0.717) is 6.07 Å². The molecule has 1 heterocycles. The van der Waals surface area contributed by atoms with E-state index in [2.05, 4.69) is 10.4 Å². The Balaban J connectivity index is 2.27. The molecule has 0 saturated heterocycles. The predicted octanol–water partition coefficient (Wildman–Crippen LogP) is 2.27. The fourth-order valence-electron chi connectivity index (χ4n) is 1.61. The molecular weight excluding hydrogens is 273 g/mol. The van der Waals surface area contributed by atoms with Gasteiger partial charge in [0, 0.05) is 30.6 Å². The lowest BCUT2D eigenvalue weighted by Crippen LogP contribution is -2.15. The number of hydrogen-bond acceptors (Lipinski definition) is 3. The summed E-state index contributed by atoms with van der Waals surface area (Å²) in [5.74, 6) is -0.433. The minimum atomic E-state index is -4.61. The van der Waals surface area contributed by atoms with Crippen LogP contribution in [0.1, 0.15) is 15.9 Å². The third-order valence-corrected chi connectivity index (χ3v) is 2.58. The first-order valence-corrected chi connectivity index (χ1v) is 5.55. The molecule has 2 rings (SSSR count). The molecule has 1 aromatic heterocycles. The molecule has 3 N–H and O–H groups in total. The molecule has 2 aromatic rings. The molecule has 0 unspecified atom stereocenters. The van der Waals surface area contributed by atoms with Gasteiger partial charge in [-0.25, -0.2) is 0 Å². The average Bonchev–Trinajstić information content (AvgIpc) is 2.73. The van der Waals surface area contributed by atoms with Crippen molar-refractivity contribution in [1.82, 2.24) is 9.78 Å². The van der Waals surface area contributed by atoms with Gasteiger partial charge in [0.2, 0.25) is 0 Å². The molecule has 1 aromatic carbocycles. The summed E-state index contributed by atoms with van der Waals surface area (Å²) in [5.41, 5.74) is 3.66. The maximum absolute atomic E-state index is 12.7. The van der Waals surface area contributed by atoms with Crippen molar-refractivity contribution < 1.29 is 18.0 Å². The lowest BCUT2D eigenvalue weighted by molar-refractivity contribution is -0.136. The molecule has 106 valence electrons. The van der Waals surface area contributed by atoms with Crippen LogP contribution in [0.25, 0.3) is 0 Å². The van der Waals surface area contributed by atoms with Gasteiger partial charge < -0.3 is 11.1 Å². The zero-order valence-corrected chi connectivity index (χ0v) is 10.4. The summed E-state index contributed by atoms with van der Waals surface area (Å²) in [6.07, 6.45) is -3.01. The highest BCUT2D eigenvalue weighted by molar-refractivity contribution is 6.04. The summed E-state index contributed by atoms with van der Waals surface area (Å²) < 4.78 is 39.5. The molecule has 8 heteroatoms. The summed E-state index contributed by atoms with van der Waals surface area (Å²) in [6.45, 7) is 0. The Morgan fingerprint density at radius 2 is 2.05 bits per heavy atom. The monoisotopic (exact) mass is 284 g/mol. The number of nitrogens with two attached hydrogens (primary N) is 1. The van der Waals surface area contributed by atoms with Crippen LogP contribution < -0.4 is 11.1 Å². The van der Waals surface area contributed by atoms with E-state index in [4.69, 9.17) is 5.73 Å². The highest BCUT2D eigenvalue weighted by atomic mass is 19.4. The van der Waals surface area contributed by atoms with Gasteiger partial charge in [-0.3, -0.25) is 9.48 Å². The Bertz CT molecular complexity index is 648. The van der Waals surface area contributed by atoms with Crippen molar-refractivity contribution in [3.63, 3.8) is 0 Å². The van der Waals surface area contributed by atoms with Crippen LogP contribution in [0.4, 0.5) is 24.7 Å². The van der Waals surface area contributed by atoms with Gasteiger partial charge in [-0.1, -0.05) is 0 Å². The number of halogens is 3. The minimum Gasteiger partial charge on any atom is -0.398 e. The van der Waals surface area contributed by atoms with E-state index >= 15 is 0 Å². The lowest BCUT2D eigenvalue weighted by Gasteiger charge is -2.11. The van der Waals surface area contributed by atoms with Gasteiger partial charge >= 0.3 is 6.18 Å². The van der Waals surface area contributed by atoms with Crippen molar-refractivity contribution in [3.05, 3.63) is 41.6 Å². The number of hydrogen-bond donors (Lipinski definition) is 2. The highest BCUT2D eigenvalue weighted by Gasteiger charge is 2.33. The summed E-state index contributed by atoms with van der Waals surface area (Å²) in [6, 6.07) is 4.52. The Kier molecular flexibility index (Phi) is 3.39. The number of anilines is 2. The number of nitrogens with zero attached hydrogens (tertiary/aromatic N) is 2. The number of benzene rings is 1. The zero-order valence-electron chi connectivity index (χ0n) is 10.4. The van der Waals surface area contributed by atoms with Gasteiger partial charge in [-0.05, 0) is 18.2 Å². The van der Waals surface area contributed by atoms with Crippen molar-refractivity contribution in [1.29, 1.82) is 0 Å². The second-order valence-electron chi connectivity index (χ2n) is 4.13. The molecule has 1 amide bonds. The van der Waals surface area contributed by atoms with E-state index in [9.17, 15) is 18.0 Å². The molecule has 0 aliphatic rings. The van der Waals surface area contributed by atoms with Gasteiger partial charge in [0.15, 0.2) is 5.82 Å². The summed E-state index contributed by atoms with van der Waals surface area (Å²) >= 11 is 0. The lowest BCUT2D eigenvalue weighted by atomic mass is 10.1. The van der Waals surface area contributed by atoms with Crippen molar-refractivity contribution in [3.8, 4) is 0 Å². The molecule has 0 radical (unpaired) electrons. The normalized spacial score (nSPS) is 11.4. The second kappa shape index (κ2) is 4.87. The van der Waals surface area contributed by atoms with Crippen LogP contribution in [0, 0.1) is 0 Å². The topological polar surface area (TPSA) is 72.9 Å². The number of carbonyl (C=O) groups is 1. The van der Waals surface area contributed by atoms with Crippen LogP contribution in [0.15, 0.2) is 30.5 Å². The van der Waals surface area contributed by atoms with Crippen LogP contribution in [0.2, 0.25) is 0 Å². The van der Waals surface area contributed by atoms with E-state index in [1.807, 2.05) is 0 Å². The van der Waals surface area contributed by atoms with E-state index in [1.54, 1.807) is 13.2 Å². The van der Waals surface area contributed by atoms with Gasteiger partial charge in [-0.2, -0.15) is 18.3 Å². The summed E-state index contributed by atoms with van der Waals surface area (Å²) in [4.78, 5) is 11.8. The van der Waals surface area contributed by atoms with Crippen LogP contribution in [-0.4, -0.2) is 15.7 Å². The number of aryl methyl sites for hydroxylation is 1. The fourth-order valence-corrected chi connectivity index (χ4v) is 1.61. The number of carbonyl (C=O) groups excluding carboxylic acids is 1. The number of nitrogen functional groups attached to an aromatic ring is 1. The quantitative estimate of drug-likeness (QED) is 0.831. The summed E-state index contributed by atoms with van der Waals surface area (Å²) in [7, 11) is 1.65. The van der Waals surface area contributed by atoms with E-state index < -0.39 is 23.3 Å². The SMILES string of the molecule is Cn1ccc(NC(=O)c2ccc(N)c(C(F)(F)F)c2)n1. The first-order valence-electron chi connectivity index (χ1n) is 5.55. The average molecular weight is 284 g/mol. The molecular formula is C12H11F3N4O. The number of alkyl halides is 3. The molecule has 0 saturated carbocycles. The third-order valence-electron chi connectivity index (χ3n) is 2.58. The Labute approximate surface area is 112 Å². The Morgan fingerprint density at radius 3 is 2.60 bits per heavy atom. The Morgan fingerprint density at radius 1 is 1.35 bits per heavy atom. The number of rotatable bonds is 2. The van der Waals surface area contributed by atoms with Crippen LogP contribution in [0.3, 0.4) is 0 Å². The second-order valence-corrected chi connectivity index (χ2v) is 4.13. The first kappa shape index (κ1) is 13.9. The van der Waals surface area contributed by atoms with Gasteiger partial charge in [0.25, 0.3) is 5.91 Å². The molecule has 5 nitrogen and oxygen atoms in total. The van der Waals surface area contributed by atoms with E-state index in [1.165, 1.54) is 16.8 Å². The van der Waals surface area contributed by atoms with Crippen molar-refractivity contribution in [2.24, 2.45) is 7.05 Å². The van der Waals surface area contributed by atoms with Gasteiger partial charge in [0.05, 0.1) is 5.56 Å². The van der Waals surface area contributed by atoms with E-state index in [-0.39, 0.29) is 11.4 Å². The standard InChI is InChI=1S/C12H11F3N4O/c1-19-5-4-10(18-19)17-11(20)7-2-3-9(16)8(6-7)12(13,14)15/h2-6H,16H2,1H3,(H,17,18,20). The number of nitrogens with one attached hydrogen (secondary N) is 1. The maximum atomic E-state index is 12.7. The minimum absolute atomic E-state index is 0.142. The van der Waals surface area contributed by atoms with Crippen LogP contribution in [-0.2, 0) is 13.2 Å². The number of amides is 1.